The van der Waals surface area contributed by atoms with Gasteiger partial charge in [-0.2, -0.15) is 5.90 Å². The molecule has 1 unspecified atom stereocenters. The molecule has 0 amide bonds. The topological polar surface area (TPSA) is 82.3 Å². The van der Waals surface area contributed by atoms with Crippen LogP contribution < -0.4 is 5.90 Å². The molecule has 0 aliphatic carbocycles. The van der Waals surface area contributed by atoms with E-state index < -0.39 is 11.9 Å². The molecule has 0 saturated heterocycles. The molecular formula is C9H10N2O3. The van der Waals surface area contributed by atoms with Gasteiger partial charge in [0, 0.05) is 18.0 Å². The molecule has 1 aromatic rings. The first-order valence-electron chi connectivity index (χ1n) is 4.01. The maximum Gasteiger partial charge on any atom is 0.335 e. The molecule has 0 aliphatic rings. The van der Waals surface area contributed by atoms with E-state index in [4.69, 9.17) is 0 Å². The van der Waals surface area contributed by atoms with Gasteiger partial charge < -0.3 is 4.84 Å². The van der Waals surface area contributed by atoms with Crippen LogP contribution in [0.5, 0.6) is 0 Å². The van der Waals surface area contributed by atoms with Crippen molar-refractivity contribution >= 4 is 11.8 Å². The zero-order chi connectivity index (χ0) is 10.6. The van der Waals surface area contributed by atoms with Gasteiger partial charge in [-0.25, -0.2) is 4.79 Å². The summed E-state index contributed by atoms with van der Waals surface area (Å²) in [4.78, 5) is 30.2. The van der Waals surface area contributed by atoms with Crippen LogP contribution in [0, 0.1) is 5.92 Å². The van der Waals surface area contributed by atoms with E-state index in [-0.39, 0.29) is 5.78 Å². The Morgan fingerprint density at radius 3 is 2.79 bits per heavy atom. The highest BCUT2D eigenvalue weighted by molar-refractivity contribution is 6.08. The average Bonchev–Trinajstić information content (AvgIpc) is 2.27. The van der Waals surface area contributed by atoms with Gasteiger partial charge in [0.25, 0.3) is 0 Å². The SMILES string of the molecule is CC(C(=O)ON)C(=O)c1cccnc1. The number of ketones is 1. The molecule has 1 aromatic heterocycles. The highest BCUT2D eigenvalue weighted by atomic mass is 16.7. The van der Waals surface area contributed by atoms with Crippen molar-refractivity contribution in [1.29, 1.82) is 0 Å². The summed E-state index contributed by atoms with van der Waals surface area (Å²) in [6.07, 6.45) is 2.94. The Morgan fingerprint density at radius 2 is 2.29 bits per heavy atom. The molecular weight excluding hydrogens is 184 g/mol. The molecule has 1 atom stereocenters. The number of nitrogens with two attached hydrogens (primary N) is 1. The van der Waals surface area contributed by atoms with E-state index in [0.717, 1.165) is 0 Å². The van der Waals surface area contributed by atoms with Crippen LogP contribution in [-0.2, 0) is 9.63 Å². The van der Waals surface area contributed by atoms with Crippen molar-refractivity contribution < 1.29 is 14.4 Å². The zero-order valence-corrected chi connectivity index (χ0v) is 7.64. The van der Waals surface area contributed by atoms with Crippen LogP contribution in [0.25, 0.3) is 0 Å². The Morgan fingerprint density at radius 1 is 1.57 bits per heavy atom. The van der Waals surface area contributed by atoms with E-state index in [1.807, 2.05) is 0 Å². The Hall–Kier alpha value is -1.75. The summed E-state index contributed by atoms with van der Waals surface area (Å²) in [7, 11) is 0. The Balaban J connectivity index is 2.81. The molecule has 5 nitrogen and oxygen atoms in total. The number of aromatic nitrogens is 1. The number of pyridine rings is 1. The van der Waals surface area contributed by atoms with Gasteiger partial charge in [0.05, 0.1) is 0 Å². The molecule has 2 N–H and O–H groups in total. The third-order valence-corrected chi connectivity index (χ3v) is 1.81. The molecule has 0 radical (unpaired) electrons. The van der Waals surface area contributed by atoms with Crippen molar-refractivity contribution in [3.8, 4) is 0 Å². The third-order valence-electron chi connectivity index (χ3n) is 1.81. The van der Waals surface area contributed by atoms with E-state index in [0.29, 0.717) is 5.56 Å². The summed E-state index contributed by atoms with van der Waals surface area (Å²) in [5.41, 5.74) is 0.366. The van der Waals surface area contributed by atoms with Crippen LogP contribution in [0.4, 0.5) is 0 Å². The summed E-state index contributed by atoms with van der Waals surface area (Å²) in [6.45, 7) is 1.44. The largest absolute Gasteiger partial charge is 0.373 e. The first-order valence-corrected chi connectivity index (χ1v) is 4.01. The molecule has 1 heterocycles. The van der Waals surface area contributed by atoms with Gasteiger partial charge in [-0.3, -0.25) is 9.78 Å². The standard InChI is InChI=1S/C9H10N2O3/c1-6(9(13)14-10)8(12)7-3-2-4-11-5-7/h2-6H,10H2,1H3. The van der Waals surface area contributed by atoms with Gasteiger partial charge in [-0.1, -0.05) is 0 Å². The van der Waals surface area contributed by atoms with Crippen LogP contribution in [0.2, 0.25) is 0 Å². The number of hydrogen-bond donors (Lipinski definition) is 1. The number of carbonyl (C=O) groups is 2. The smallest absolute Gasteiger partial charge is 0.335 e. The van der Waals surface area contributed by atoms with E-state index in [9.17, 15) is 9.59 Å². The molecule has 5 heteroatoms. The maximum absolute atomic E-state index is 11.5. The molecule has 0 bridgehead atoms. The molecule has 1 rings (SSSR count). The highest BCUT2D eigenvalue weighted by Gasteiger charge is 2.23. The Kier molecular flexibility index (Phi) is 3.30. The lowest BCUT2D eigenvalue weighted by Crippen LogP contribution is -2.25. The molecule has 0 spiro atoms. The molecule has 14 heavy (non-hydrogen) atoms. The lowest BCUT2D eigenvalue weighted by atomic mass is 10.0. The molecule has 0 aliphatic heterocycles. The van der Waals surface area contributed by atoms with E-state index >= 15 is 0 Å². The van der Waals surface area contributed by atoms with Gasteiger partial charge >= 0.3 is 5.97 Å². The minimum atomic E-state index is -0.899. The quantitative estimate of drug-likeness (QED) is 0.425. The number of Topliss-reactive ketones (excluding diaryl/α,β-unsaturated/α-hetero) is 1. The normalized spacial score (nSPS) is 11.9. The second-order valence-corrected chi connectivity index (χ2v) is 2.76. The van der Waals surface area contributed by atoms with Crippen LogP contribution in [0.1, 0.15) is 17.3 Å². The van der Waals surface area contributed by atoms with Crippen molar-refractivity contribution in [2.45, 2.75) is 6.92 Å². The van der Waals surface area contributed by atoms with Gasteiger partial charge in [0.2, 0.25) is 0 Å². The minimum Gasteiger partial charge on any atom is -0.373 e. The minimum absolute atomic E-state index is 0.353. The fourth-order valence-electron chi connectivity index (χ4n) is 0.968. The van der Waals surface area contributed by atoms with Crippen LogP contribution in [0.15, 0.2) is 24.5 Å². The maximum atomic E-state index is 11.5. The van der Waals surface area contributed by atoms with Crippen LogP contribution in [-0.4, -0.2) is 16.7 Å². The monoisotopic (exact) mass is 194 g/mol. The van der Waals surface area contributed by atoms with E-state index in [1.54, 1.807) is 18.3 Å². The van der Waals surface area contributed by atoms with Gasteiger partial charge in [0.15, 0.2) is 5.78 Å². The summed E-state index contributed by atoms with van der Waals surface area (Å²) < 4.78 is 0. The highest BCUT2D eigenvalue weighted by Crippen LogP contribution is 2.08. The predicted molar refractivity (Wildman–Crippen MR) is 48.0 cm³/mol. The fraction of sp³-hybridized carbons (Fsp3) is 0.222. The van der Waals surface area contributed by atoms with Gasteiger partial charge in [0.1, 0.15) is 5.92 Å². The second kappa shape index (κ2) is 4.48. The summed E-state index contributed by atoms with van der Waals surface area (Å²) in [5.74, 6) is 2.67. The Labute approximate surface area is 80.8 Å². The number of rotatable bonds is 3. The summed E-state index contributed by atoms with van der Waals surface area (Å²) >= 11 is 0. The lowest BCUT2D eigenvalue weighted by molar-refractivity contribution is -0.146. The van der Waals surface area contributed by atoms with Gasteiger partial charge in [-0.05, 0) is 19.1 Å². The molecule has 0 saturated carbocycles. The second-order valence-electron chi connectivity index (χ2n) is 2.76. The predicted octanol–water partition coefficient (Wildman–Crippen LogP) is 0.317. The lowest BCUT2D eigenvalue weighted by Gasteiger charge is -2.06. The van der Waals surface area contributed by atoms with Crippen molar-refractivity contribution in [2.75, 3.05) is 0 Å². The molecule has 0 aromatic carbocycles. The van der Waals surface area contributed by atoms with Gasteiger partial charge in [-0.15, -0.1) is 0 Å². The van der Waals surface area contributed by atoms with Crippen molar-refractivity contribution in [2.24, 2.45) is 11.8 Å². The first-order chi connectivity index (χ1) is 6.66. The fourth-order valence-corrected chi connectivity index (χ4v) is 0.968. The average molecular weight is 194 g/mol. The summed E-state index contributed by atoms with van der Waals surface area (Å²) in [6, 6.07) is 3.20. The van der Waals surface area contributed by atoms with Crippen molar-refractivity contribution in [1.82, 2.24) is 4.98 Å². The zero-order valence-electron chi connectivity index (χ0n) is 7.64. The van der Waals surface area contributed by atoms with Crippen molar-refractivity contribution in [3.05, 3.63) is 30.1 Å². The van der Waals surface area contributed by atoms with E-state index in [2.05, 4.69) is 15.7 Å². The van der Waals surface area contributed by atoms with Crippen LogP contribution in [0.3, 0.4) is 0 Å². The third kappa shape index (κ3) is 2.14. The Bertz CT molecular complexity index is 337. The van der Waals surface area contributed by atoms with Crippen LogP contribution >= 0.6 is 0 Å². The first kappa shape index (κ1) is 10.3. The molecule has 0 fully saturated rings. The number of carbonyl (C=O) groups excluding carboxylic acids is 2. The van der Waals surface area contributed by atoms with E-state index in [1.165, 1.54) is 13.1 Å². The number of nitrogens with zero attached hydrogens (tertiary/aromatic N) is 1. The number of hydrogen-bond acceptors (Lipinski definition) is 5. The van der Waals surface area contributed by atoms with Crippen molar-refractivity contribution in [3.63, 3.8) is 0 Å². The molecule has 74 valence electrons. The summed E-state index contributed by atoms with van der Waals surface area (Å²) in [5, 5.41) is 0.